The van der Waals surface area contributed by atoms with E-state index in [1.54, 1.807) is 0 Å². The average molecular weight is 231 g/mol. The van der Waals surface area contributed by atoms with Crippen LogP contribution in [0.15, 0.2) is 28.8 Å². The number of hydrogen-bond donors (Lipinski definition) is 1. The molecule has 0 atom stereocenters. The van der Waals surface area contributed by atoms with Gasteiger partial charge in [0.05, 0.1) is 5.41 Å². The summed E-state index contributed by atoms with van der Waals surface area (Å²) >= 11 is 0. The zero-order chi connectivity index (χ0) is 12.5. The molecule has 0 saturated heterocycles. The largest absolute Gasteiger partial charge is 0.338 e. The second-order valence-corrected chi connectivity index (χ2v) is 4.88. The topological polar surface area (TPSA) is 64.9 Å². The summed E-state index contributed by atoms with van der Waals surface area (Å²) in [5.74, 6) is 1.20. The zero-order valence-electron chi connectivity index (χ0n) is 10.4. The van der Waals surface area contributed by atoms with Crippen LogP contribution in [0.4, 0.5) is 0 Å². The lowest BCUT2D eigenvalue weighted by Crippen LogP contribution is -2.28. The van der Waals surface area contributed by atoms with Crippen LogP contribution in [0.2, 0.25) is 0 Å². The van der Waals surface area contributed by atoms with E-state index in [2.05, 4.69) is 10.1 Å². The molecular formula is C13H17N3O. The average Bonchev–Trinajstić information content (AvgIpc) is 2.79. The summed E-state index contributed by atoms with van der Waals surface area (Å²) in [7, 11) is 0. The first-order valence-electron chi connectivity index (χ1n) is 5.64. The molecule has 0 amide bonds. The first kappa shape index (κ1) is 11.8. The highest BCUT2D eigenvalue weighted by atomic mass is 16.5. The van der Waals surface area contributed by atoms with Crippen LogP contribution in [0.5, 0.6) is 0 Å². The van der Waals surface area contributed by atoms with Gasteiger partial charge in [-0.05, 0) is 26.8 Å². The third-order valence-corrected chi connectivity index (χ3v) is 2.79. The zero-order valence-corrected chi connectivity index (χ0v) is 10.4. The lowest BCUT2D eigenvalue weighted by Gasteiger charge is -2.15. The van der Waals surface area contributed by atoms with Gasteiger partial charge in [-0.25, -0.2) is 0 Å². The molecule has 2 rings (SSSR count). The van der Waals surface area contributed by atoms with Crippen molar-refractivity contribution in [2.45, 2.75) is 26.2 Å². The molecule has 0 radical (unpaired) electrons. The number of nitrogens with two attached hydrogens (primary N) is 1. The Morgan fingerprint density at radius 1 is 1.35 bits per heavy atom. The van der Waals surface area contributed by atoms with Crippen LogP contribution in [0.25, 0.3) is 11.4 Å². The maximum absolute atomic E-state index is 5.68. The summed E-state index contributed by atoms with van der Waals surface area (Å²) in [6.07, 6.45) is 0. The Morgan fingerprint density at radius 2 is 2.12 bits per heavy atom. The third kappa shape index (κ3) is 2.36. The van der Waals surface area contributed by atoms with Crippen LogP contribution >= 0.6 is 0 Å². The number of rotatable bonds is 3. The maximum Gasteiger partial charge on any atom is 0.233 e. The van der Waals surface area contributed by atoms with Crippen LogP contribution in [-0.2, 0) is 5.41 Å². The van der Waals surface area contributed by atoms with Crippen molar-refractivity contribution in [1.82, 2.24) is 10.1 Å². The fourth-order valence-corrected chi connectivity index (χ4v) is 1.49. The minimum Gasteiger partial charge on any atom is -0.338 e. The number of hydrogen-bond acceptors (Lipinski definition) is 4. The molecule has 2 aromatic rings. The minimum atomic E-state index is -0.283. The third-order valence-electron chi connectivity index (χ3n) is 2.79. The SMILES string of the molecule is Cc1cccc(-c2noc(C(C)(C)CN)n2)c1. The lowest BCUT2D eigenvalue weighted by atomic mass is 9.94. The molecular weight excluding hydrogens is 214 g/mol. The maximum atomic E-state index is 5.68. The highest BCUT2D eigenvalue weighted by Gasteiger charge is 2.26. The van der Waals surface area contributed by atoms with Crippen molar-refractivity contribution in [2.24, 2.45) is 5.73 Å². The van der Waals surface area contributed by atoms with E-state index in [1.807, 2.05) is 45.0 Å². The molecule has 1 heterocycles. The quantitative estimate of drug-likeness (QED) is 0.880. The van der Waals surface area contributed by atoms with Gasteiger partial charge in [0.25, 0.3) is 0 Å². The van der Waals surface area contributed by atoms with Crippen molar-refractivity contribution in [1.29, 1.82) is 0 Å². The summed E-state index contributed by atoms with van der Waals surface area (Å²) in [4.78, 5) is 4.41. The second kappa shape index (κ2) is 4.30. The van der Waals surface area contributed by atoms with Gasteiger partial charge in [0, 0.05) is 12.1 Å². The molecule has 0 aliphatic heterocycles. The van der Waals surface area contributed by atoms with Crippen molar-refractivity contribution < 1.29 is 4.52 Å². The van der Waals surface area contributed by atoms with E-state index in [0.29, 0.717) is 18.3 Å². The number of aromatic nitrogens is 2. The van der Waals surface area contributed by atoms with Crippen molar-refractivity contribution in [3.63, 3.8) is 0 Å². The summed E-state index contributed by atoms with van der Waals surface area (Å²) in [6, 6.07) is 8.02. The molecule has 0 fully saturated rings. The fourth-order valence-electron chi connectivity index (χ4n) is 1.49. The van der Waals surface area contributed by atoms with Crippen molar-refractivity contribution >= 4 is 0 Å². The van der Waals surface area contributed by atoms with E-state index in [4.69, 9.17) is 10.3 Å². The van der Waals surface area contributed by atoms with E-state index in [0.717, 1.165) is 5.56 Å². The smallest absolute Gasteiger partial charge is 0.233 e. The Kier molecular flexibility index (Phi) is 2.98. The van der Waals surface area contributed by atoms with Gasteiger partial charge in [0.2, 0.25) is 11.7 Å². The monoisotopic (exact) mass is 231 g/mol. The molecule has 0 saturated carbocycles. The summed E-state index contributed by atoms with van der Waals surface area (Å²) in [6.45, 7) is 6.48. The van der Waals surface area contributed by atoms with Crippen LogP contribution in [-0.4, -0.2) is 16.7 Å². The minimum absolute atomic E-state index is 0.283. The molecule has 90 valence electrons. The normalized spacial score (nSPS) is 11.8. The van der Waals surface area contributed by atoms with E-state index >= 15 is 0 Å². The van der Waals surface area contributed by atoms with E-state index in [1.165, 1.54) is 5.56 Å². The molecule has 1 aromatic carbocycles. The Morgan fingerprint density at radius 3 is 2.76 bits per heavy atom. The molecule has 4 nitrogen and oxygen atoms in total. The standard InChI is InChI=1S/C13H17N3O/c1-9-5-4-6-10(7-9)11-15-12(17-16-11)13(2,3)8-14/h4-7H,8,14H2,1-3H3. The van der Waals surface area contributed by atoms with E-state index in [9.17, 15) is 0 Å². The Labute approximate surface area is 101 Å². The lowest BCUT2D eigenvalue weighted by molar-refractivity contribution is 0.311. The van der Waals surface area contributed by atoms with Gasteiger partial charge in [0.15, 0.2) is 0 Å². The second-order valence-electron chi connectivity index (χ2n) is 4.88. The van der Waals surface area contributed by atoms with Crippen molar-refractivity contribution in [3.8, 4) is 11.4 Å². The fraction of sp³-hybridized carbons (Fsp3) is 0.385. The number of aryl methyl sites for hydroxylation is 1. The molecule has 1 aromatic heterocycles. The van der Waals surface area contributed by atoms with E-state index in [-0.39, 0.29) is 5.41 Å². The van der Waals surface area contributed by atoms with Crippen molar-refractivity contribution in [2.75, 3.05) is 6.54 Å². The van der Waals surface area contributed by atoms with Gasteiger partial charge < -0.3 is 10.3 Å². The van der Waals surface area contributed by atoms with Gasteiger partial charge in [-0.2, -0.15) is 4.98 Å². The van der Waals surface area contributed by atoms with Gasteiger partial charge in [-0.3, -0.25) is 0 Å². The molecule has 0 aliphatic rings. The predicted molar refractivity (Wildman–Crippen MR) is 66.6 cm³/mol. The summed E-state index contributed by atoms with van der Waals surface area (Å²) < 4.78 is 5.27. The Hall–Kier alpha value is -1.68. The van der Waals surface area contributed by atoms with Crippen LogP contribution < -0.4 is 5.73 Å². The first-order valence-corrected chi connectivity index (χ1v) is 5.64. The van der Waals surface area contributed by atoms with Crippen LogP contribution in [0.3, 0.4) is 0 Å². The van der Waals surface area contributed by atoms with Crippen LogP contribution in [0.1, 0.15) is 25.3 Å². The number of benzene rings is 1. The van der Waals surface area contributed by atoms with Gasteiger partial charge in [-0.15, -0.1) is 0 Å². The predicted octanol–water partition coefficient (Wildman–Crippen LogP) is 2.28. The van der Waals surface area contributed by atoms with Crippen molar-refractivity contribution in [3.05, 3.63) is 35.7 Å². The highest BCUT2D eigenvalue weighted by Crippen LogP contribution is 2.23. The highest BCUT2D eigenvalue weighted by molar-refractivity contribution is 5.55. The number of nitrogens with zero attached hydrogens (tertiary/aromatic N) is 2. The summed E-state index contributed by atoms with van der Waals surface area (Å²) in [5.41, 5.74) is 7.54. The van der Waals surface area contributed by atoms with Gasteiger partial charge >= 0.3 is 0 Å². The Bertz CT molecular complexity index is 517. The molecule has 0 aliphatic carbocycles. The molecule has 0 spiro atoms. The molecule has 2 N–H and O–H groups in total. The van der Waals surface area contributed by atoms with Gasteiger partial charge in [0.1, 0.15) is 0 Å². The first-order chi connectivity index (χ1) is 8.03. The molecule has 17 heavy (non-hydrogen) atoms. The molecule has 0 bridgehead atoms. The van der Waals surface area contributed by atoms with Gasteiger partial charge in [-0.1, -0.05) is 28.9 Å². The summed E-state index contributed by atoms with van der Waals surface area (Å²) in [5, 5.41) is 4.00. The Balaban J connectivity index is 2.36. The molecule has 0 unspecified atom stereocenters. The molecule has 4 heteroatoms. The van der Waals surface area contributed by atoms with E-state index < -0.39 is 0 Å². The van der Waals surface area contributed by atoms with Crippen LogP contribution in [0, 0.1) is 6.92 Å².